The van der Waals surface area contributed by atoms with Crippen molar-refractivity contribution >= 4 is 23.9 Å². The second-order valence-corrected chi connectivity index (χ2v) is 0.316. The van der Waals surface area contributed by atoms with Crippen LogP contribution in [0.3, 0.4) is 0 Å². The molecule has 0 aliphatic carbocycles. The third-order valence-corrected chi connectivity index (χ3v) is 0. The maximum absolute atomic E-state index is 7.57. The molecule has 0 aliphatic rings. The Morgan fingerprint density at radius 3 is 1.00 bits per heavy atom. The van der Waals surface area contributed by atoms with Crippen LogP contribution in [0.15, 0.2) is 0 Å². The molecule has 8 heavy (non-hydrogen) atoms. The van der Waals surface area contributed by atoms with Gasteiger partial charge in [0.15, 0.2) is 0 Å². The number of aliphatic hydroxyl groups is 1. The molecule has 0 heterocycles. The Kier molecular flexibility index (Phi) is 422. The molecule has 0 amide bonds. The number of aliphatic hydroxyl groups excluding tert-OH is 1. The third kappa shape index (κ3) is 103. The van der Waals surface area contributed by atoms with Crippen LogP contribution in [0, 0.1) is 0 Å². The fraction of sp³-hybridized carbons (Fsp3) is 1.00. The van der Waals surface area contributed by atoms with E-state index in [4.69, 9.17) is 5.11 Å². The summed E-state index contributed by atoms with van der Waals surface area (Å²) in [5.41, 5.74) is 0. The van der Waals surface area contributed by atoms with Crippen LogP contribution in [0.5, 0.6) is 0 Å². The van der Waals surface area contributed by atoms with E-state index in [-0.39, 0.29) is 80.1 Å². The van der Waals surface area contributed by atoms with Crippen LogP contribution < -0.4 is 49.6 Å². The molecule has 0 aromatic heterocycles. The molecule has 0 saturated carbocycles. The Morgan fingerprint density at radius 2 is 1.00 bits per heavy atom. The molecule has 0 atom stereocenters. The molecule has 0 bridgehead atoms. The Balaban J connectivity index is -0.00000000200. The zero-order chi connectivity index (χ0) is 2.71. The van der Waals surface area contributed by atoms with E-state index in [1.807, 2.05) is 0 Å². The van der Waals surface area contributed by atoms with E-state index in [9.17, 15) is 0 Å². The first-order chi connectivity index (χ1) is 1.41. The van der Waals surface area contributed by atoms with E-state index in [2.05, 4.69) is 0 Å². The van der Waals surface area contributed by atoms with Gasteiger partial charge in [-0.3, -0.25) is 0 Å². The van der Waals surface area contributed by atoms with Crippen molar-refractivity contribution in [3.63, 3.8) is 0 Å². The second kappa shape index (κ2) is 65.6. The van der Waals surface area contributed by atoms with Gasteiger partial charge in [0.1, 0.15) is 0 Å². The molecule has 1 N–H and O–H groups in total. The van der Waals surface area contributed by atoms with Crippen molar-refractivity contribution in [2.24, 2.45) is 0 Å². The zero-order valence-corrected chi connectivity index (χ0v) is 10.0. The molecule has 0 aromatic rings. The minimum Gasteiger partial charge on any atom is -1.00 e. The minimum absolute atomic E-state index is 0. The summed E-state index contributed by atoms with van der Waals surface area (Å²) in [7, 11) is 0. The van der Waals surface area contributed by atoms with Crippen molar-refractivity contribution in [2.45, 2.75) is 6.92 Å². The summed E-state index contributed by atoms with van der Waals surface area (Å²) in [4.78, 5) is 0. The molecule has 6 heteroatoms. The molecule has 0 spiro atoms. The van der Waals surface area contributed by atoms with Crippen LogP contribution in [0.25, 0.3) is 0 Å². The molecule has 52 valence electrons. The fourth-order valence-electron chi connectivity index (χ4n) is 0. The van der Waals surface area contributed by atoms with E-state index < -0.39 is 0 Å². The molecule has 0 fully saturated rings. The van der Waals surface area contributed by atoms with Gasteiger partial charge >= 0.3 is 23.9 Å². The van der Waals surface area contributed by atoms with E-state index in [1.54, 1.807) is 6.92 Å². The largest absolute Gasteiger partial charge is 4.00 e. The van der Waals surface area contributed by atoms with Gasteiger partial charge in [0.05, 0.1) is 0 Å². The molecular formula is C2H6Cl4OSn. The van der Waals surface area contributed by atoms with Gasteiger partial charge in [0.2, 0.25) is 0 Å². The Labute approximate surface area is 91.6 Å². The smallest absolute Gasteiger partial charge is 1.00 e. The van der Waals surface area contributed by atoms with Gasteiger partial charge in [0, 0.05) is 6.61 Å². The van der Waals surface area contributed by atoms with Crippen molar-refractivity contribution < 1.29 is 54.7 Å². The van der Waals surface area contributed by atoms with Gasteiger partial charge in [-0.2, -0.15) is 0 Å². The summed E-state index contributed by atoms with van der Waals surface area (Å²) >= 11 is 0. The quantitative estimate of drug-likeness (QED) is 0.441. The van der Waals surface area contributed by atoms with Gasteiger partial charge in [0.25, 0.3) is 0 Å². The minimum atomic E-state index is 0. The third-order valence-electron chi connectivity index (χ3n) is 0. The Morgan fingerprint density at radius 1 is 1.00 bits per heavy atom. The first kappa shape index (κ1) is 51.4. The van der Waals surface area contributed by atoms with Gasteiger partial charge < -0.3 is 54.7 Å². The van der Waals surface area contributed by atoms with E-state index >= 15 is 0 Å². The molecule has 0 aromatic carbocycles. The van der Waals surface area contributed by atoms with Crippen molar-refractivity contribution in [3.8, 4) is 0 Å². The molecule has 0 rings (SSSR count). The first-order valence-corrected chi connectivity index (χ1v) is 1.02. The molecule has 0 aliphatic heterocycles. The zero-order valence-electron chi connectivity index (χ0n) is 4.17. The average Bonchev–Trinajstić information content (AvgIpc) is 0.918. The predicted molar refractivity (Wildman–Crippen MR) is 18.5 cm³/mol. The van der Waals surface area contributed by atoms with Crippen LogP contribution in [0.4, 0.5) is 0 Å². The van der Waals surface area contributed by atoms with Crippen LogP contribution in [-0.2, 0) is 0 Å². The summed E-state index contributed by atoms with van der Waals surface area (Å²) in [5, 5.41) is 7.57. The number of hydrogen-bond donors (Lipinski definition) is 1. The van der Waals surface area contributed by atoms with Gasteiger partial charge in [-0.05, 0) is 6.92 Å². The standard InChI is InChI=1S/C2H6O.4ClH.Sn/c1-2-3;;;;;/h3H,2H2,1H3;4*1H;/q;;;;;+4/p-4. The summed E-state index contributed by atoms with van der Waals surface area (Å²) < 4.78 is 0. The first-order valence-electron chi connectivity index (χ1n) is 1.02. The fourth-order valence-corrected chi connectivity index (χ4v) is 0. The maximum atomic E-state index is 7.57. The maximum Gasteiger partial charge on any atom is 4.00 e. The topological polar surface area (TPSA) is 20.2 Å². The van der Waals surface area contributed by atoms with Gasteiger partial charge in [-0.25, -0.2) is 0 Å². The van der Waals surface area contributed by atoms with E-state index in [0.29, 0.717) is 0 Å². The molecule has 1 nitrogen and oxygen atoms in total. The van der Waals surface area contributed by atoms with Crippen molar-refractivity contribution in [2.75, 3.05) is 6.61 Å². The molecule has 0 radical (unpaired) electrons. The van der Waals surface area contributed by atoms with E-state index in [1.165, 1.54) is 0 Å². The van der Waals surface area contributed by atoms with Crippen LogP contribution in [0.2, 0.25) is 0 Å². The summed E-state index contributed by atoms with van der Waals surface area (Å²) in [5.74, 6) is 0. The molecular weight excluding hydrogens is 301 g/mol. The molecule has 0 saturated heterocycles. The summed E-state index contributed by atoms with van der Waals surface area (Å²) in [6.07, 6.45) is 0. The number of rotatable bonds is 0. The Bertz CT molecular complexity index is 14.0. The number of halogens is 4. The normalized spacial score (nSPS) is 2.25. The van der Waals surface area contributed by atoms with Crippen molar-refractivity contribution in [1.82, 2.24) is 0 Å². The second-order valence-electron chi connectivity index (χ2n) is 0.316. The monoisotopic (exact) mass is 306 g/mol. The van der Waals surface area contributed by atoms with Crippen LogP contribution >= 0.6 is 0 Å². The van der Waals surface area contributed by atoms with Crippen LogP contribution in [-0.4, -0.2) is 35.6 Å². The van der Waals surface area contributed by atoms with Gasteiger partial charge in [-0.15, -0.1) is 0 Å². The predicted octanol–water partition coefficient (Wildman–Crippen LogP) is -12.4. The SMILES string of the molecule is CCO.[Cl-].[Cl-].[Cl-].[Cl-].[Sn+4]. The average molecular weight is 307 g/mol. The van der Waals surface area contributed by atoms with Crippen molar-refractivity contribution in [1.29, 1.82) is 0 Å². The summed E-state index contributed by atoms with van der Waals surface area (Å²) in [6, 6.07) is 0. The summed E-state index contributed by atoms with van der Waals surface area (Å²) in [6.45, 7) is 1.93. The van der Waals surface area contributed by atoms with Gasteiger partial charge in [-0.1, -0.05) is 0 Å². The molecule has 0 unspecified atom stereocenters. The Hall–Kier alpha value is 1.92. The van der Waals surface area contributed by atoms with E-state index in [0.717, 1.165) is 0 Å². The van der Waals surface area contributed by atoms with Crippen LogP contribution in [0.1, 0.15) is 6.92 Å². The van der Waals surface area contributed by atoms with Crippen molar-refractivity contribution in [3.05, 3.63) is 0 Å². The number of hydrogen-bond acceptors (Lipinski definition) is 1.